The first kappa shape index (κ1) is 22.3. The van der Waals surface area contributed by atoms with E-state index in [4.69, 9.17) is 18.9 Å². The van der Waals surface area contributed by atoms with Crippen LogP contribution in [0.15, 0.2) is 41.5 Å². The molecule has 0 saturated carbocycles. The molecule has 0 bridgehead atoms. The lowest BCUT2D eigenvalue weighted by atomic mass is 10.2. The van der Waals surface area contributed by atoms with E-state index in [1.165, 1.54) is 27.5 Å². The zero-order chi connectivity index (χ0) is 21.9. The topological polar surface area (TPSA) is 120 Å². The van der Waals surface area contributed by atoms with Gasteiger partial charge in [0, 0.05) is 11.3 Å². The zero-order valence-corrected chi connectivity index (χ0v) is 17.1. The van der Waals surface area contributed by atoms with Crippen LogP contribution in [0.25, 0.3) is 0 Å². The third-order valence-electron chi connectivity index (χ3n) is 3.88. The fourth-order valence-corrected chi connectivity index (χ4v) is 2.45. The van der Waals surface area contributed by atoms with Crippen LogP contribution in [-0.4, -0.2) is 53.1 Å². The lowest BCUT2D eigenvalue weighted by molar-refractivity contribution is -0.120. The Hall–Kier alpha value is -3.95. The number of nitrogens with one attached hydrogen (secondary N) is 3. The van der Waals surface area contributed by atoms with E-state index < -0.39 is 11.9 Å². The molecule has 10 nitrogen and oxygen atoms in total. The first-order chi connectivity index (χ1) is 14.5. The quantitative estimate of drug-likeness (QED) is 0.425. The molecule has 160 valence electrons. The number of rotatable bonds is 9. The van der Waals surface area contributed by atoms with E-state index in [9.17, 15) is 9.59 Å². The van der Waals surface area contributed by atoms with Crippen molar-refractivity contribution in [2.24, 2.45) is 5.10 Å². The van der Waals surface area contributed by atoms with Gasteiger partial charge >= 0.3 is 6.03 Å². The highest BCUT2D eigenvalue weighted by molar-refractivity contribution is 5.92. The van der Waals surface area contributed by atoms with Crippen molar-refractivity contribution in [2.75, 3.05) is 40.3 Å². The summed E-state index contributed by atoms with van der Waals surface area (Å²) in [7, 11) is 6.05. The molecule has 0 aliphatic carbocycles. The first-order valence-electron chi connectivity index (χ1n) is 8.82. The van der Waals surface area contributed by atoms with Crippen LogP contribution in [0.4, 0.5) is 10.5 Å². The Balaban J connectivity index is 1.86. The molecular formula is C20H24N4O6. The number of hydrazone groups is 1. The molecule has 0 saturated heterocycles. The number of nitrogens with zero attached hydrogens (tertiary/aromatic N) is 1. The van der Waals surface area contributed by atoms with E-state index in [1.54, 1.807) is 43.5 Å². The van der Waals surface area contributed by atoms with E-state index in [1.807, 2.05) is 0 Å². The van der Waals surface area contributed by atoms with Gasteiger partial charge in [-0.3, -0.25) is 4.79 Å². The predicted octanol–water partition coefficient (Wildman–Crippen LogP) is 1.99. The second-order valence-corrected chi connectivity index (χ2v) is 5.75. The highest BCUT2D eigenvalue weighted by Crippen LogP contribution is 2.38. The summed E-state index contributed by atoms with van der Waals surface area (Å²) in [5, 5.41) is 8.91. The largest absolute Gasteiger partial charge is 0.497 e. The molecule has 0 aliphatic heterocycles. The minimum atomic E-state index is -0.527. The second kappa shape index (κ2) is 11.1. The van der Waals surface area contributed by atoms with Crippen LogP contribution >= 0.6 is 0 Å². The zero-order valence-electron chi connectivity index (χ0n) is 17.1. The number of amides is 3. The number of hydrogen-bond acceptors (Lipinski definition) is 7. The van der Waals surface area contributed by atoms with Gasteiger partial charge in [0.25, 0.3) is 5.91 Å². The molecule has 0 aromatic heterocycles. The third kappa shape index (κ3) is 6.03. The van der Waals surface area contributed by atoms with E-state index in [0.29, 0.717) is 34.2 Å². The predicted molar refractivity (Wildman–Crippen MR) is 112 cm³/mol. The van der Waals surface area contributed by atoms with Crippen molar-refractivity contribution in [1.82, 2.24) is 10.7 Å². The minimum Gasteiger partial charge on any atom is -0.497 e. The van der Waals surface area contributed by atoms with Crippen molar-refractivity contribution in [3.63, 3.8) is 0 Å². The number of hydrogen-bond donors (Lipinski definition) is 3. The van der Waals surface area contributed by atoms with Crippen molar-refractivity contribution < 1.29 is 28.5 Å². The van der Waals surface area contributed by atoms with Gasteiger partial charge in [0.05, 0.1) is 34.7 Å². The molecule has 0 radical (unpaired) electrons. The number of ether oxygens (including phenoxy) is 4. The maximum atomic E-state index is 11.9. The van der Waals surface area contributed by atoms with Crippen LogP contribution in [0.5, 0.6) is 23.0 Å². The van der Waals surface area contributed by atoms with Gasteiger partial charge in [0.15, 0.2) is 11.5 Å². The summed E-state index contributed by atoms with van der Waals surface area (Å²) in [4.78, 5) is 23.8. The molecule has 0 atom stereocenters. The number of carbonyl (C=O) groups excluding carboxylic acids is 2. The molecule has 0 unspecified atom stereocenters. The van der Waals surface area contributed by atoms with Gasteiger partial charge in [0.1, 0.15) is 12.3 Å². The average molecular weight is 416 g/mol. The van der Waals surface area contributed by atoms with Gasteiger partial charge in [0.2, 0.25) is 5.75 Å². The Morgan fingerprint density at radius 3 is 2.20 bits per heavy atom. The van der Waals surface area contributed by atoms with Crippen molar-refractivity contribution in [3.05, 3.63) is 42.0 Å². The third-order valence-corrected chi connectivity index (χ3v) is 3.88. The summed E-state index contributed by atoms with van der Waals surface area (Å²) in [6.45, 7) is -0.262. The molecule has 2 aromatic carbocycles. The van der Waals surface area contributed by atoms with Gasteiger partial charge in [-0.05, 0) is 36.4 Å². The molecule has 0 fully saturated rings. The maximum Gasteiger partial charge on any atom is 0.319 e. The maximum absolute atomic E-state index is 11.9. The summed E-state index contributed by atoms with van der Waals surface area (Å²) in [5.74, 6) is 1.49. The van der Waals surface area contributed by atoms with Gasteiger partial charge in [-0.2, -0.15) is 5.10 Å². The Kier molecular flexibility index (Phi) is 8.30. The van der Waals surface area contributed by atoms with E-state index in [0.717, 1.165) is 0 Å². The molecule has 0 spiro atoms. The Labute approximate surface area is 174 Å². The second-order valence-electron chi connectivity index (χ2n) is 5.75. The lowest BCUT2D eigenvalue weighted by Crippen LogP contribution is -2.37. The van der Waals surface area contributed by atoms with Crippen molar-refractivity contribution in [2.45, 2.75) is 0 Å². The number of carbonyl (C=O) groups is 2. The first-order valence-corrected chi connectivity index (χ1v) is 8.82. The molecule has 0 heterocycles. The summed E-state index contributed by atoms with van der Waals surface area (Å²) < 4.78 is 20.9. The monoisotopic (exact) mass is 416 g/mol. The van der Waals surface area contributed by atoms with Gasteiger partial charge in [-0.1, -0.05) is 0 Å². The van der Waals surface area contributed by atoms with Crippen LogP contribution in [0.3, 0.4) is 0 Å². The lowest BCUT2D eigenvalue weighted by Gasteiger charge is -2.13. The smallest absolute Gasteiger partial charge is 0.319 e. The van der Waals surface area contributed by atoms with E-state index in [-0.39, 0.29) is 6.54 Å². The van der Waals surface area contributed by atoms with Crippen LogP contribution in [-0.2, 0) is 4.79 Å². The molecular weight excluding hydrogens is 392 g/mol. The average Bonchev–Trinajstić information content (AvgIpc) is 2.77. The molecule has 2 rings (SSSR count). The van der Waals surface area contributed by atoms with Crippen LogP contribution in [0.1, 0.15) is 5.56 Å². The van der Waals surface area contributed by atoms with Crippen molar-refractivity contribution in [3.8, 4) is 23.0 Å². The van der Waals surface area contributed by atoms with Crippen LogP contribution in [0.2, 0.25) is 0 Å². The highest BCUT2D eigenvalue weighted by Gasteiger charge is 2.14. The Bertz CT molecular complexity index is 899. The van der Waals surface area contributed by atoms with E-state index >= 15 is 0 Å². The number of anilines is 1. The molecule has 3 N–H and O–H groups in total. The highest BCUT2D eigenvalue weighted by atomic mass is 16.5. The molecule has 30 heavy (non-hydrogen) atoms. The van der Waals surface area contributed by atoms with Gasteiger partial charge < -0.3 is 29.6 Å². The minimum absolute atomic E-state index is 0.262. The molecule has 0 aliphatic rings. The van der Waals surface area contributed by atoms with Crippen LogP contribution < -0.4 is 35.0 Å². The summed E-state index contributed by atoms with van der Waals surface area (Å²) in [5.41, 5.74) is 3.46. The summed E-state index contributed by atoms with van der Waals surface area (Å²) in [6.07, 6.45) is 1.40. The summed E-state index contributed by atoms with van der Waals surface area (Å²) in [6, 6.07) is 9.64. The van der Waals surface area contributed by atoms with Crippen molar-refractivity contribution >= 4 is 23.8 Å². The van der Waals surface area contributed by atoms with Gasteiger partial charge in [-0.25, -0.2) is 10.2 Å². The summed E-state index contributed by atoms with van der Waals surface area (Å²) >= 11 is 0. The number of methoxy groups -OCH3 is 4. The SMILES string of the molecule is COc1ccc(NC(=O)NCC(=O)NN=Cc2ccc(OC)c(OC)c2OC)cc1. The normalized spacial score (nSPS) is 10.3. The molecule has 2 aromatic rings. The fraction of sp³-hybridized carbons (Fsp3) is 0.250. The number of benzene rings is 2. The van der Waals surface area contributed by atoms with Crippen LogP contribution in [0, 0.1) is 0 Å². The Morgan fingerprint density at radius 1 is 0.900 bits per heavy atom. The van der Waals surface area contributed by atoms with Gasteiger partial charge in [-0.15, -0.1) is 0 Å². The Morgan fingerprint density at radius 2 is 1.60 bits per heavy atom. The standard InChI is InChI=1S/C20H24N4O6/c1-27-15-8-6-14(7-9-15)23-20(26)21-12-17(25)24-22-11-13-5-10-16(28-2)19(30-4)18(13)29-3/h5-11H,12H2,1-4H3,(H,24,25)(H2,21,23,26). The number of urea groups is 1. The molecule has 10 heteroatoms. The molecule has 3 amide bonds. The fourth-order valence-electron chi connectivity index (χ4n) is 2.45. The van der Waals surface area contributed by atoms with Crippen molar-refractivity contribution in [1.29, 1.82) is 0 Å². The van der Waals surface area contributed by atoms with E-state index in [2.05, 4.69) is 21.2 Å².